The van der Waals surface area contributed by atoms with Gasteiger partial charge in [-0.1, -0.05) is 88.4 Å². The van der Waals surface area contributed by atoms with Crippen molar-refractivity contribution in [2.75, 3.05) is 0 Å². The van der Waals surface area contributed by atoms with Crippen molar-refractivity contribution < 1.29 is 0 Å². The van der Waals surface area contributed by atoms with Crippen molar-refractivity contribution in [3.05, 3.63) is 95.1 Å². The summed E-state index contributed by atoms with van der Waals surface area (Å²) in [6.45, 7) is 9.64. The maximum atomic E-state index is 2.44. The van der Waals surface area contributed by atoms with Crippen molar-refractivity contribution in [2.24, 2.45) is 0 Å². The van der Waals surface area contributed by atoms with Crippen molar-refractivity contribution in [1.29, 1.82) is 0 Å². The van der Waals surface area contributed by atoms with Gasteiger partial charge in [-0.05, 0) is 77.8 Å². The van der Waals surface area contributed by atoms with Crippen LogP contribution in [0.25, 0.3) is 43.4 Å². The molecule has 0 aliphatic heterocycles. The zero-order chi connectivity index (χ0) is 20.4. The molecule has 0 fully saturated rings. The molecule has 0 atom stereocenters. The van der Waals surface area contributed by atoms with E-state index in [0.29, 0.717) is 0 Å². The molecule has 0 saturated heterocycles. The molecule has 0 N–H and O–H groups in total. The van der Waals surface area contributed by atoms with Gasteiger partial charge in [0.2, 0.25) is 0 Å². The predicted molar refractivity (Wildman–Crippen MR) is 129 cm³/mol. The first kappa shape index (κ1) is 16.7. The van der Waals surface area contributed by atoms with Crippen molar-refractivity contribution in [1.82, 2.24) is 0 Å². The Morgan fingerprint density at radius 1 is 0.500 bits per heavy atom. The van der Waals surface area contributed by atoms with Crippen molar-refractivity contribution in [2.45, 2.75) is 38.5 Å². The molecule has 144 valence electrons. The van der Waals surface area contributed by atoms with E-state index in [4.69, 9.17) is 0 Å². The van der Waals surface area contributed by atoms with E-state index >= 15 is 0 Å². The fourth-order valence-electron chi connectivity index (χ4n) is 6.54. The van der Waals surface area contributed by atoms with Gasteiger partial charge in [-0.15, -0.1) is 0 Å². The third kappa shape index (κ3) is 1.68. The highest BCUT2D eigenvalue weighted by Crippen LogP contribution is 2.61. The summed E-state index contributed by atoms with van der Waals surface area (Å²) in [6, 6.07) is 27.6. The number of hydrogen-bond donors (Lipinski definition) is 0. The second-order valence-electron chi connectivity index (χ2n) is 10.2. The molecule has 5 aromatic rings. The Kier molecular flexibility index (Phi) is 2.75. The van der Waals surface area contributed by atoms with Crippen molar-refractivity contribution in [3.8, 4) is 11.1 Å². The Morgan fingerprint density at radius 2 is 1.10 bits per heavy atom. The fraction of sp³-hybridized carbons (Fsp3) is 0.200. The summed E-state index contributed by atoms with van der Waals surface area (Å²) < 4.78 is 0. The first-order valence-corrected chi connectivity index (χ1v) is 11.0. The SMILES string of the molecule is CC1(C)c2cccc3c2-c2c1c1cc4ccccc4cc1c1cccc(c21)C3(C)C. The minimum absolute atomic E-state index is 0.0000678. The molecular weight excluding hydrogens is 360 g/mol. The number of rotatable bonds is 0. The van der Waals surface area contributed by atoms with Crippen molar-refractivity contribution in [3.63, 3.8) is 0 Å². The molecule has 0 heteroatoms. The summed E-state index contributed by atoms with van der Waals surface area (Å²) in [5, 5.41) is 8.34. The smallest absolute Gasteiger partial charge is 0.0165 e. The van der Waals surface area contributed by atoms with Gasteiger partial charge < -0.3 is 0 Å². The van der Waals surface area contributed by atoms with Crippen LogP contribution in [0, 0.1) is 0 Å². The third-order valence-corrected chi connectivity index (χ3v) is 7.97. The van der Waals surface area contributed by atoms with Crippen LogP contribution >= 0.6 is 0 Å². The average molecular weight is 385 g/mol. The Balaban J connectivity index is 1.86. The average Bonchev–Trinajstić information content (AvgIpc) is 2.99. The summed E-state index contributed by atoms with van der Waals surface area (Å²) in [4.78, 5) is 0. The molecule has 7 rings (SSSR count). The molecule has 0 unspecified atom stereocenters. The predicted octanol–water partition coefficient (Wildman–Crippen LogP) is 8.09. The van der Waals surface area contributed by atoms with Crippen LogP contribution in [0.2, 0.25) is 0 Å². The van der Waals surface area contributed by atoms with Crippen LogP contribution in [0.3, 0.4) is 0 Å². The number of fused-ring (bicyclic) bond motifs is 4. The molecule has 2 aliphatic rings. The van der Waals surface area contributed by atoms with Gasteiger partial charge in [0.25, 0.3) is 0 Å². The van der Waals surface area contributed by atoms with Crippen LogP contribution in [-0.2, 0) is 10.8 Å². The summed E-state index contributed by atoms with van der Waals surface area (Å²) >= 11 is 0. The molecular formula is C30H24. The lowest BCUT2D eigenvalue weighted by Gasteiger charge is -2.35. The Bertz CT molecular complexity index is 1580. The molecule has 5 aromatic carbocycles. The quantitative estimate of drug-likeness (QED) is 0.187. The van der Waals surface area contributed by atoms with Crippen LogP contribution in [0.4, 0.5) is 0 Å². The highest BCUT2D eigenvalue weighted by atomic mass is 14.5. The highest BCUT2D eigenvalue weighted by Gasteiger charge is 2.45. The second kappa shape index (κ2) is 4.95. The Labute approximate surface area is 177 Å². The number of benzene rings is 5. The standard InChI is InChI=1S/C30H24/c1-29(2)22-12-7-11-19-20-15-17-9-5-6-10-18(17)16-21(20)28-27(25(19)22)26-23(29)13-8-14-24(26)30(28,3)4/h5-16H,1-4H3. The summed E-state index contributed by atoms with van der Waals surface area (Å²) in [5.41, 5.74) is 8.93. The van der Waals surface area contributed by atoms with E-state index in [1.165, 1.54) is 65.7 Å². The third-order valence-electron chi connectivity index (χ3n) is 7.97. The first-order valence-electron chi connectivity index (χ1n) is 11.0. The van der Waals surface area contributed by atoms with Crippen LogP contribution in [0.5, 0.6) is 0 Å². The van der Waals surface area contributed by atoms with Gasteiger partial charge in [-0.25, -0.2) is 0 Å². The lowest BCUT2D eigenvalue weighted by molar-refractivity contribution is 0.640. The topological polar surface area (TPSA) is 0 Å². The zero-order valence-corrected chi connectivity index (χ0v) is 17.9. The minimum Gasteiger partial charge on any atom is -0.0616 e. The molecule has 2 aliphatic carbocycles. The van der Waals surface area contributed by atoms with Gasteiger partial charge in [0, 0.05) is 10.8 Å². The van der Waals surface area contributed by atoms with Gasteiger partial charge in [0.05, 0.1) is 0 Å². The highest BCUT2D eigenvalue weighted by molar-refractivity contribution is 6.22. The van der Waals surface area contributed by atoms with E-state index in [1.54, 1.807) is 0 Å². The largest absolute Gasteiger partial charge is 0.0616 e. The van der Waals surface area contributed by atoms with E-state index < -0.39 is 0 Å². The molecule has 0 nitrogen and oxygen atoms in total. The van der Waals surface area contributed by atoms with E-state index in [-0.39, 0.29) is 10.8 Å². The maximum Gasteiger partial charge on any atom is 0.0165 e. The van der Waals surface area contributed by atoms with Gasteiger partial charge in [-0.3, -0.25) is 0 Å². The summed E-state index contributed by atoms with van der Waals surface area (Å²) in [7, 11) is 0. The van der Waals surface area contributed by atoms with E-state index in [0.717, 1.165) is 0 Å². The Hall–Kier alpha value is -3.12. The monoisotopic (exact) mass is 384 g/mol. The molecule has 0 aromatic heterocycles. The fourth-order valence-corrected chi connectivity index (χ4v) is 6.54. The van der Waals surface area contributed by atoms with Gasteiger partial charge >= 0.3 is 0 Å². The van der Waals surface area contributed by atoms with Crippen LogP contribution < -0.4 is 0 Å². The molecule has 0 heterocycles. The summed E-state index contributed by atoms with van der Waals surface area (Å²) in [5.74, 6) is 0. The van der Waals surface area contributed by atoms with E-state index in [1.807, 2.05) is 0 Å². The van der Waals surface area contributed by atoms with Crippen LogP contribution in [0.15, 0.2) is 72.8 Å². The molecule has 0 spiro atoms. The van der Waals surface area contributed by atoms with Crippen molar-refractivity contribution >= 4 is 32.3 Å². The molecule has 0 amide bonds. The van der Waals surface area contributed by atoms with Gasteiger partial charge in [0.15, 0.2) is 0 Å². The molecule has 0 saturated carbocycles. The number of hydrogen-bond acceptors (Lipinski definition) is 0. The van der Waals surface area contributed by atoms with Gasteiger partial charge in [0.1, 0.15) is 0 Å². The second-order valence-corrected chi connectivity index (χ2v) is 10.2. The van der Waals surface area contributed by atoms with Crippen LogP contribution in [0.1, 0.15) is 49.9 Å². The lowest BCUT2D eigenvalue weighted by atomic mass is 9.68. The van der Waals surface area contributed by atoms with E-state index in [2.05, 4.69) is 100 Å². The lowest BCUT2D eigenvalue weighted by Crippen LogP contribution is -2.23. The Morgan fingerprint density at radius 3 is 1.83 bits per heavy atom. The first-order chi connectivity index (χ1) is 14.4. The maximum absolute atomic E-state index is 2.44. The normalized spacial score (nSPS) is 17.2. The zero-order valence-electron chi connectivity index (χ0n) is 17.9. The minimum atomic E-state index is -0.0108. The summed E-state index contributed by atoms with van der Waals surface area (Å²) in [6.07, 6.45) is 0. The molecule has 30 heavy (non-hydrogen) atoms. The molecule has 0 radical (unpaired) electrons. The van der Waals surface area contributed by atoms with Gasteiger partial charge in [-0.2, -0.15) is 0 Å². The van der Waals surface area contributed by atoms with E-state index in [9.17, 15) is 0 Å². The van der Waals surface area contributed by atoms with Crippen LogP contribution in [-0.4, -0.2) is 0 Å². The molecule has 0 bridgehead atoms.